The Morgan fingerprint density at radius 3 is 2.14 bits per heavy atom. The molecule has 0 spiro atoms. The zero-order chi connectivity index (χ0) is 29.5. The lowest BCUT2D eigenvalue weighted by molar-refractivity contribution is -0.161. The Morgan fingerprint density at radius 1 is 0.857 bits per heavy atom. The van der Waals surface area contributed by atoms with E-state index in [4.69, 9.17) is 23.7 Å². The van der Waals surface area contributed by atoms with Gasteiger partial charge < -0.3 is 33.9 Å². The van der Waals surface area contributed by atoms with E-state index in [1.807, 2.05) is 60.7 Å². The van der Waals surface area contributed by atoms with Crippen molar-refractivity contribution in [3.63, 3.8) is 0 Å². The minimum Gasteiger partial charge on any atom is -0.497 e. The number of ether oxygens (including phenoxy) is 5. The Morgan fingerprint density at radius 2 is 1.52 bits per heavy atom. The summed E-state index contributed by atoms with van der Waals surface area (Å²) in [5.41, 5.74) is -1.36. The fourth-order valence-corrected chi connectivity index (χ4v) is 6.61. The van der Waals surface area contributed by atoms with Crippen LogP contribution in [0.15, 0.2) is 97.1 Å². The SMILES string of the molecule is COC(=O)C1C(O)[C@@]2(O)c3c(OC)cc(OCc4ccccc4)cc3O[C@@]2(c2ccc(OC)cc2)[C@@H]1c1ccccc1. The number of methoxy groups -OCH3 is 3. The third-order valence-corrected chi connectivity index (χ3v) is 8.44. The number of aliphatic hydroxyl groups is 2. The van der Waals surface area contributed by atoms with Gasteiger partial charge in [0.05, 0.1) is 32.8 Å². The lowest BCUT2D eigenvalue weighted by atomic mass is 9.70. The Bertz CT molecular complexity index is 1570. The van der Waals surface area contributed by atoms with Crippen molar-refractivity contribution in [1.29, 1.82) is 0 Å². The summed E-state index contributed by atoms with van der Waals surface area (Å²) in [6, 6.07) is 29.4. The first kappa shape index (κ1) is 27.6. The molecule has 1 aliphatic heterocycles. The molecule has 2 unspecified atom stereocenters. The van der Waals surface area contributed by atoms with Crippen LogP contribution in [0.1, 0.15) is 28.2 Å². The molecule has 0 amide bonds. The molecule has 4 aromatic carbocycles. The summed E-state index contributed by atoms with van der Waals surface area (Å²) < 4.78 is 29.3. The summed E-state index contributed by atoms with van der Waals surface area (Å²) in [7, 11) is 4.30. The van der Waals surface area contributed by atoms with Gasteiger partial charge in [0.1, 0.15) is 35.7 Å². The summed E-state index contributed by atoms with van der Waals surface area (Å²) in [6.45, 7) is 0.302. The molecule has 5 atom stereocenters. The molecule has 0 saturated heterocycles. The molecular formula is C34H32O8. The molecule has 0 bridgehead atoms. The van der Waals surface area contributed by atoms with Gasteiger partial charge in [0.2, 0.25) is 0 Å². The van der Waals surface area contributed by atoms with Crippen molar-refractivity contribution in [3.05, 3.63) is 119 Å². The normalized spacial score (nSPS) is 25.6. The minimum atomic E-state index is -2.13. The number of aliphatic hydroxyl groups excluding tert-OH is 1. The van der Waals surface area contributed by atoms with Crippen LogP contribution in [-0.4, -0.2) is 43.6 Å². The minimum absolute atomic E-state index is 0.229. The van der Waals surface area contributed by atoms with Gasteiger partial charge >= 0.3 is 5.97 Å². The maximum Gasteiger partial charge on any atom is 0.312 e. The fourth-order valence-electron chi connectivity index (χ4n) is 6.61. The van der Waals surface area contributed by atoms with Crippen LogP contribution in [-0.2, 0) is 27.3 Å². The average Bonchev–Trinajstić information content (AvgIpc) is 3.42. The zero-order valence-electron chi connectivity index (χ0n) is 23.5. The molecule has 6 rings (SSSR count). The molecule has 0 aromatic heterocycles. The molecule has 8 heteroatoms. The molecule has 0 radical (unpaired) electrons. The summed E-state index contributed by atoms with van der Waals surface area (Å²) in [6.07, 6.45) is -1.62. The third kappa shape index (κ3) is 4.01. The van der Waals surface area contributed by atoms with Gasteiger partial charge in [0, 0.05) is 18.1 Å². The van der Waals surface area contributed by atoms with Gasteiger partial charge in [0.25, 0.3) is 0 Å². The average molecular weight is 569 g/mol. The molecule has 42 heavy (non-hydrogen) atoms. The van der Waals surface area contributed by atoms with Crippen LogP contribution in [0, 0.1) is 5.92 Å². The van der Waals surface area contributed by atoms with Crippen LogP contribution >= 0.6 is 0 Å². The first-order valence-electron chi connectivity index (χ1n) is 13.6. The summed E-state index contributed by atoms with van der Waals surface area (Å²) in [5.74, 6) is -1.11. The van der Waals surface area contributed by atoms with E-state index < -0.39 is 35.1 Å². The van der Waals surface area contributed by atoms with Crippen molar-refractivity contribution < 1.29 is 38.7 Å². The summed E-state index contributed by atoms with van der Waals surface area (Å²) >= 11 is 0. The number of esters is 1. The molecule has 1 fully saturated rings. The highest BCUT2D eigenvalue weighted by Gasteiger charge is 2.78. The number of benzene rings is 4. The number of carbonyl (C=O) groups excluding carboxylic acids is 1. The maximum absolute atomic E-state index is 13.4. The number of hydrogen-bond donors (Lipinski definition) is 2. The van der Waals surface area contributed by atoms with E-state index in [1.165, 1.54) is 14.2 Å². The third-order valence-electron chi connectivity index (χ3n) is 8.44. The van der Waals surface area contributed by atoms with Gasteiger partial charge in [-0.3, -0.25) is 4.79 Å². The predicted molar refractivity (Wildman–Crippen MR) is 154 cm³/mol. The molecule has 2 aliphatic rings. The second kappa shape index (κ2) is 10.7. The smallest absolute Gasteiger partial charge is 0.312 e. The van der Waals surface area contributed by atoms with Crippen LogP contribution in [0.25, 0.3) is 0 Å². The van der Waals surface area contributed by atoms with Crippen LogP contribution in [0.3, 0.4) is 0 Å². The predicted octanol–water partition coefficient (Wildman–Crippen LogP) is 4.71. The summed E-state index contributed by atoms with van der Waals surface area (Å²) in [4.78, 5) is 13.4. The Kier molecular flexibility index (Phi) is 7.04. The van der Waals surface area contributed by atoms with Crippen LogP contribution < -0.4 is 18.9 Å². The molecule has 1 heterocycles. The quantitative estimate of drug-likeness (QED) is 0.295. The highest BCUT2D eigenvalue weighted by molar-refractivity contribution is 5.78. The first-order chi connectivity index (χ1) is 20.4. The van der Waals surface area contributed by atoms with Gasteiger partial charge in [-0.15, -0.1) is 0 Å². The highest BCUT2D eigenvalue weighted by atomic mass is 16.6. The fraction of sp³-hybridized carbons (Fsp3) is 0.265. The summed E-state index contributed by atoms with van der Waals surface area (Å²) in [5, 5.41) is 24.9. The molecule has 1 aliphatic carbocycles. The van der Waals surface area contributed by atoms with Crippen LogP contribution in [0.2, 0.25) is 0 Å². The van der Waals surface area contributed by atoms with Crippen molar-refractivity contribution in [3.8, 4) is 23.0 Å². The van der Waals surface area contributed by atoms with E-state index >= 15 is 0 Å². The lowest BCUT2D eigenvalue weighted by Gasteiger charge is -2.40. The van der Waals surface area contributed by atoms with Crippen molar-refractivity contribution >= 4 is 5.97 Å². The maximum atomic E-state index is 13.4. The highest BCUT2D eigenvalue weighted by Crippen LogP contribution is 2.70. The number of fused-ring (bicyclic) bond motifs is 3. The van der Waals surface area contributed by atoms with Gasteiger partial charge in [0.15, 0.2) is 11.2 Å². The molecule has 2 N–H and O–H groups in total. The second-order valence-electron chi connectivity index (χ2n) is 10.5. The van der Waals surface area contributed by atoms with Crippen molar-refractivity contribution in [1.82, 2.24) is 0 Å². The first-order valence-corrected chi connectivity index (χ1v) is 13.6. The largest absolute Gasteiger partial charge is 0.497 e. The van der Waals surface area contributed by atoms with E-state index in [0.717, 1.165) is 5.56 Å². The topological polar surface area (TPSA) is 104 Å². The van der Waals surface area contributed by atoms with Gasteiger partial charge in [-0.2, -0.15) is 0 Å². The van der Waals surface area contributed by atoms with E-state index in [2.05, 4.69) is 0 Å². The van der Waals surface area contributed by atoms with E-state index in [-0.39, 0.29) is 17.1 Å². The second-order valence-corrected chi connectivity index (χ2v) is 10.5. The number of carbonyl (C=O) groups is 1. The molecule has 1 saturated carbocycles. The van der Waals surface area contributed by atoms with Crippen molar-refractivity contribution in [2.45, 2.75) is 29.8 Å². The molecule has 8 nitrogen and oxygen atoms in total. The standard InChI is InChI=1S/C34H32O8/c1-38-24-16-14-23(15-17-24)34-29(22-12-8-5-9-13-22)28(32(36)40-3)31(35)33(34,37)30-26(39-2)18-25(19-27(30)42-34)41-20-21-10-6-4-7-11-21/h4-19,28-29,31,35,37H,20H2,1-3H3/t28?,29-,31?,33+,34+/m1/s1. The van der Waals surface area contributed by atoms with Crippen LogP contribution in [0.4, 0.5) is 0 Å². The lowest BCUT2D eigenvalue weighted by Crippen LogP contribution is -2.52. The monoisotopic (exact) mass is 568 g/mol. The molecule has 4 aromatic rings. The van der Waals surface area contributed by atoms with Gasteiger partial charge in [-0.25, -0.2) is 0 Å². The Balaban J connectivity index is 1.58. The van der Waals surface area contributed by atoms with E-state index in [0.29, 0.717) is 29.2 Å². The van der Waals surface area contributed by atoms with Crippen molar-refractivity contribution in [2.75, 3.05) is 21.3 Å². The number of rotatable bonds is 8. The van der Waals surface area contributed by atoms with E-state index in [9.17, 15) is 15.0 Å². The van der Waals surface area contributed by atoms with Gasteiger partial charge in [-0.05, 0) is 28.8 Å². The molecule has 216 valence electrons. The van der Waals surface area contributed by atoms with Crippen molar-refractivity contribution in [2.24, 2.45) is 5.92 Å². The van der Waals surface area contributed by atoms with E-state index in [1.54, 1.807) is 43.5 Å². The zero-order valence-corrected chi connectivity index (χ0v) is 23.5. The Labute approximate surface area is 244 Å². The number of hydrogen-bond acceptors (Lipinski definition) is 8. The van der Waals surface area contributed by atoms with Gasteiger partial charge in [-0.1, -0.05) is 72.8 Å². The van der Waals surface area contributed by atoms with Crippen LogP contribution in [0.5, 0.6) is 23.0 Å². The Hall–Kier alpha value is -4.53. The molecular weight excluding hydrogens is 536 g/mol.